The lowest BCUT2D eigenvalue weighted by molar-refractivity contribution is -0.127. The Morgan fingerprint density at radius 3 is 2.53 bits per heavy atom. The summed E-state index contributed by atoms with van der Waals surface area (Å²) in [5.41, 5.74) is 4.28. The second-order valence-electron chi connectivity index (χ2n) is 2.34. The molecule has 0 heterocycles. The van der Waals surface area contributed by atoms with E-state index in [1.807, 2.05) is 21.2 Å². The van der Waals surface area contributed by atoms with Crippen LogP contribution < -0.4 is 16.2 Å². The standard InChI is InChI=1S/C7H10IN3O3S/c1-5(12)9-4-7(14)11-10-6(13)2-3-15-8/h2-3H,4H2,1H3,(H,9,12)(H,10,13)(H,11,14)/b3-2+. The normalized spacial score (nSPS) is 9.73. The third-order valence-electron chi connectivity index (χ3n) is 1.09. The van der Waals surface area contributed by atoms with Gasteiger partial charge in [-0.1, -0.05) is 8.93 Å². The Kier molecular flexibility index (Phi) is 8.09. The number of nitrogens with one attached hydrogen (secondary N) is 3. The van der Waals surface area contributed by atoms with Crippen molar-refractivity contribution in [3.05, 3.63) is 11.5 Å². The quantitative estimate of drug-likeness (QED) is 0.377. The molecule has 0 fully saturated rings. The number of carbonyl (C=O) groups is 3. The van der Waals surface area contributed by atoms with Crippen LogP contribution in [0.15, 0.2) is 11.5 Å². The van der Waals surface area contributed by atoms with Gasteiger partial charge in [-0.3, -0.25) is 25.2 Å². The third kappa shape index (κ3) is 9.53. The van der Waals surface area contributed by atoms with Gasteiger partial charge in [0.05, 0.1) is 6.54 Å². The number of hydrazine groups is 1. The van der Waals surface area contributed by atoms with Crippen molar-refractivity contribution in [2.24, 2.45) is 0 Å². The number of carbonyl (C=O) groups excluding carboxylic acids is 3. The van der Waals surface area contributed by atoms with Gasteiger partial charge in [-0.05, 0) is 5.41 Å². The minimum Gasteiger partial charge on any atom is -0.347 e. The van der Waals surface area contributed by atoms with Crippen LogP contribution in [0.4, 0.5) is 0 Å². The summed E-state index contributed by atoms with van der Waals surface area (Å²) in [7, 11) is 1.34. The number of hydrogen-bond donors (Lipinski definition) is 3. The second-order valence-corrected chi connectivity index (χ2v) is 4.31. The molecule has 84 valence electrons. The molecule has 0 rings (SSSR count). The van der Waals surface area contributed by atoms with Crippen LogP contribution in [-0.4, -0.2) is 24.3 Å². The molecule has 0 bridgehead atoms. The highest BCUT2D eigenvalue weighted by Gasteiger charge is 2.02. The Hall–Kier alpha value is -0.770. The summed E-state index contributed by atoms with van der Waals surface area (Å²) in [6.07, 6.45) is 1.27. The maximum Gasteiger partial charge on any atom is 0.262 e. The molecule has 0 spiro atoms. The van der Waals surface area contributed by atoms with Gasteiger partial charge in [-0.15, -0.1) is 0 Å². The summed E-state index contributed by atoms with van der Waals surface area (Å²) in [5, 5.41) is 3.85. The summed E-state index contributed by atoms with van der Waals surface area (Å²) >= 11 is 2.00. The van der Waals surface area contributed by atoms with E-state index in [1.54, 1.807) is 5.41 Å². The average molecular weight is 343 g/mol. The van der Waals surface area contributed by atoms with Crippen LogP contribution >= 0.6 is 30.1 Å². The average Bonchev–Trinajstić information content (AvgIpc) is 2.20. The zero-order chi connectivity index (χ0) is 11.7. The van der Waals surface area contributed by atoms with E-state index in [0.29, 0.717) is 0 Å². The molecule has 0 aromatic heterocycles. The van der Waals surface area contributed by atoms with Crippen molar-refractivity contribution in [3.63, 3.8) is 0 Å². The van der Waals surface area contributed by atoms with Crippen molar-refractivity contribution < 1.29 is 14.4 Å². The maximum atomic E-state index is 11.0. The van der Waals surface area contributed by atoms with Gasteiger partial charge in [0.15, 0.2) is 0 Å². The van der Waals surface area contributed by atoms with E-state index in [1.165, 1.54) is 21.9 Å². The molecule has 0 saturated carbocycles. The summed E-state index contributed by atoms with van der Waals surface area (Å²) in [4.78, 5) is 32.3. The van der Waals surface area contributed by atoms with Gasteiger partial charge < -0.3 is 5.32 Å². The summed E-state index contributed by atoms with van der Waals surface area (Å²) in [6.45, 7) is 1.13. The van der Waals surface area contributed by atoms with Crippen LogP contribution in [-0.2, 0) is 14.4 Å². The Bertz CT molecular complexity index is 283. The Morgan fingerprint density at radius 2 is 2.00 bits per heavy atom. The minimum atomic E-state index is -0.492. The van der Waals surface area contributed by atoms with Gasteiger partial charge in [0.2, 0.25) is 5.91 Å². The molecular weight excluding hydrogens is 333 g/mol. The van der Waals surface area contributed by atoms with E-state index in [-0.39, 0.29) is 12.5 Å². The second kappa shape index (κ2) is 8.53. The molecular formula is C7H10IN3O3S. The van der Waals surface area contributed by atoms with Crippen LogP contribution in [0.25, 0.3) is 0 Å². The van der Waals surface area contributed by atoms with E-state index in [2.05, 4.69) is 16.2 Å². The zero-order valence-electron chi connectivity index (χ0n) is 7.87. The molecule has 3 N–H and O–H groups in total. The Labute approximate surface area is 103 Å². The van der Waals surface area contributed by atoms with Crippen LogP contribution in [0.3, 0.4) is 0 Å². The highest BCUT2D eigenvalue weighted by Crippen LogP contribution is 2.10. The molecule has 0 aromatic carbocycles. The Morgan fingerprint density at radius 1 is 1.33 bits per heavy atom. The van der Waals surface area contributed by atoms with Gasteiger partial charge in [0.1, 0.15) is 0 Å². The molecule has 0 aliphatic rings. The first kappa shape index (κ1) is 14.2. The predicted molar refractivity (Wildman–Crippen MR) is 65.7 cm³/mol. The summed E-state index contributed by atoms with van der Waals surface area (Å²) in [6, 6.07) is 0. The van der Waals surface area contributed by atoms with Gasteiger partial charge >= 0.3 is 0 Å². The Balaban J connectivity index is 3.66. The molecule has 3 amide bonds. The highest BCUT2D eigenvalue weighted by atomic mass is 127. The SMILES string of the molecule is CC(=O)NCC(=O)NNC(=O)/C=C/SI. The van der Waals surface area contributed by atoms with E-state index in [4.69, 9.17) is 0 Å². The van der Waals surface area contributed by atoms with Gasteiger partial charge in [-0.2, -0.15) is 0 Å². The molecule has 0 saturated heterocycles. The first-order valence-electron chi connectivity index (χ1n) is 3.83. The van der Waals surface area contributed by atoms with Crippen LogP contribution in [0, 0.1) is 0 Å². The zero-order valence-corrected chi connectivity index (χ0v) is 10.8. The molecule has 15 heavy (non-hydrogen) atoms. The monoisotopic (exact) mass is 343 g/mol. The fraction of sp³-hybridized carbons (Fsp3) is 0.286. The summed E-state index contributed by atoms with van der Waals surface area (Å²) < 4.78 is 0. The summed E-state index contributed by atoms with van der Waals surface area (Å²) in [5.74, 6) is -1.23. The molecule has 8 heteroatoms. The van der Waals surface area contributed by atoms with Crippen LogP contribution in [0.2, 0.25) is 0 Å². The molecule has 0 unspecified atom stereocenters. The first-order valence-corrected chi connectivity index (χ1v) is 7.25. The molecule has 0 atom stereocenters. The highest BCUT2D eigenvalue weighted by molar-refractivity contribution is 14.2. The third-order valence-corrected chi connectivity index (χ3v) is 2.21. The van der Waals surface area contributed by atoms with Crippen LogP contribution in [0.1, 0.15) is 6.92 Å². The molecule has 0 aliphatic carbocycles. The fourth-order valence-corrected chi connectivity index (χ4v) is 1.12. The molecule has 0 radical (unpaired) electrons. The van der Waals surface area contributed by atoms with Crippen molar-refractivity contribution in [1.82, 2.24) is 16.2 Å². The van der Waals surface area contributed by atoms with E-state index in [9.17, 15) is 14.4 Å². The smallest absolute Gasteiger partial charge is 0.262 e. The number of amides is 3. The van der Waals surface area contributed by atoms with Crippen molar-refractivity contribution >= 4 is 47.9 Å². The lowest BCUT2D eigenvalue weighted by Gasteiger charge is -2.04. The van der Waals surface area contributed by atoms with Crippen molar-refractivity contribution in [2.75, 3.05) is 6.54 Å². The maximum absolute atomic E-state index is 11.0. The van der Waals surface area contributed by atoms with Crippen molar-refractivity contribution in [2.45, 2.75) is 6.92 Å². The van der Waals surface area contributed by atoms with E-state index < -0.39 is 11.8 Å². The number of rotatable bonds is 4. The van der Waals surface area contributed by atoms with Gasteiger partial charge in [-0.25, -0.2) is 0 Å². The molecule has 0 aromatic rings. The molecule has 6 nitrogen and oxygen atoms in total. The van der Waals surface area contributed by atoms with Gasteiger partial charge in [0, 0.05) is 34.2 Å². The molecule has 0 aliphatic heterocycles. The number of hydrogen-bond acceptors (Lipinski definition) is 4. The van der Waals surface area contributed by atoms with E-state index >= 15 is 0 Å². The largest absolute Gasteiger partial charge is 0.347 e. The first-order chi connectivity index (χ1) is 7.06. The minimum absolute atomic E-state index is 0.166. The predicted octanol–water partition coefficient (Wildman–Crippen LogP) is -0.133. The van der Waals surface area contributed by atoms with E-state index in [0.717, 1.165) is 0 Å². The van der Waals surface area contributed by atoms with Crippen LogP contribution in [0.5, 0.6) is 0 Å². The lowest BCUT2D eigenvalue weighted by Crippen LogP contribution is -2.45. The van der Waals surface area contributed by atoms with Crippen molar-refractivity contribution in [3.8, 4) is 0 Å². The fourth-order valence-electron chi connectivity index (χ4n) is 0.509. The van der Waals surface area contributed by atoms with Gasteiger partial charge in [0.25, 0.3) is 11.8 Å². The lowest BCUT2D eigenvalue weighted by atomic mass is 10.5. The van der Waals surface area contributed by atoms with Crippen molar-refractivity contribution in [1.29, 1.82) is 0 Å². The number of halogens is 1. The topological polar surface area (TPSA) is 87.3 Å².